The molecule has 0 aliphatic heterocycles. The number of aromatic nitrogens is 1. The maximum absolute atomic E-state index is 11.4. The summed E-state index contributed by atoms with van der Waals surface area (Å²) in [5.74, 6) is -0.693. The first-order valence-electron chi connectivity index (χ1n) is 5.43. The van der Waals surface area contributed by atoms with Crippen molar-refractivity contribution in [2.24, 2.45) is 7.05 Å². The molecule has 1 fully saturated rings. The number of para-hydroxylation sites is 1. The van der Waals surface area contributed by atoms with Gasteiger partial charge in [-0.05, 0) is 29.9 Å². The Kier molecular flexibility index (Phi) is 1.70. The van der Waals surface area contributed by atoms with Gasteiger partial charge in [0.1, 0.15) is 0 Å². The highest BCUT2D eigenvalue weighted by Crippen LogP contribution is 2.50. The highest BCUT2D eigenvalue weighted by Gasteiger charge is 2.52. The molecule has 1 heterocycles. The molecule has 3 heteroatoms. The highest BCUT2D eigenvalue weighted by molar-refractivity contribution is 5.93. The predicted octanol–water partition coefficient (Wildman–Crippen LogP) is 2.29. The monoisotopic (exact) mass is 215 g/mol. The van der Waals surface area contributed by atoms with Gasteiger partial charge < -0.3 is 9.67 Å². The Hall–Kier alpha value is -1.77. The van der Waals surface area contributed by atoms with Gasteiger partial charge in [0.25, 0.3) is 0 Å². The van der Waals surface area contributed by atoms with Gasteiger partial charge in [0.15, 0.2) is 0 Å². The lowest BCUT2D eigenvalue weighted by Crippen LogP contribution is -2.20. The number of aliphatic carboxylic acids is 1. The lowest BCUT2D eigenvalue weighted by molar-refractivity contribution is -0.140. The van der Waals surface area contributed by atoms with Crippen LogP contribution in [0.4, 0.5) is 0 Å². The smallest absolute Gasteiger partial charge is 0.314 e. The molecule has 1 saturated carbocycles. The quantitative estimate of drug-likeness (QED) is 0.835. The van der Waals surface area contributed by atoms with Crippen LogP contribution in [-0.2, 0) is 17.3 Å². The summed E-state index contributed by atoms with van der Waals surface area (Å²) in [6.07, 6.45) is 3.49. The van der Waals surface area contributed by atoms with Crippen LogP contribution >= 0.6 is 0 Å². The summed E-state index contributed by atoms with van der Waals surface area (Å²) in [6, 6.07) is 7.94. The fourth-order valence-corrected chi connectivity index (χ4v) is 2.47. The molecule has 0 unspecified atom stereocenters. The SMILES string of the molecule is Cn1ccc2cccc(C3(C(=O)O)CC3)c21. The van der Waals surface area contributed by atoms with Crippen LogP contribution < -0.4 is 0 Å². The molecule has 0 spiro atoms. The Morgan fingerprint density at radius 2 is 2.12 bits per heavy atom. The van der Waals surface area contributed by atoms with Gasteiger partial charge in [0.05, 0.1) is 10.9 Å². The molecule has 2 aromatic rings. The van der Waals surface area contributed by atoms with Gasteiger partial charge in [0.2, 0.25) is 0 Å². The second-order valence-electron chi connectivity index (χ2n) is 4.56. The Labute approximate surface area is 93.3 Å². The van der Waals surface area contributed by atoms with Crippen molar-refractivity contribution in [1.82, 2.24) is 4.57 Å². The molecular weight excluding hydrogens is 202 g/mol. The maximum atomic E-state index is 11.4. The number of fused-ring (bicyclic) bond motifs is 1. The van der Waals surface area contributed by atoms with Crippen molar-refractivity contribution in [2.75, 3.05) is 0 Å². The zero-order valence-electron chi connectivity index (χ0n) is 9.10. The number of hydrogen-bond donors (Lipinski definition) is 1. The summed E-state index contributed by atoms with van der Waals surface area (Å²) >= 11 is 0. The van der Waals surface area contributed by atoms with Crippen molar-refractivity contribution in [3.8, 4) is 0 Å². The van der Waals surface area contributed by atoms with E-state index in [0.29, 0.717) is 0 Å². The van der Waals surface area contributed by atoms with E-state index in [4.69, 9.17) is 0 Å². The standard InChI is InChI=1S/C13H13NO2/c1-14-8-5-9-3-2-4-10(11(9)14)13(6-7-13)12(15)16/h2-5,8H,6-7H2,1H3,(H,15,16). The van der Waals surface area contributed by atoms with Crippen molar-refractivity contribution >= 4 is 16.9 Å². The van der Waals surface area contributed by atoms with Crippen molar-refractivity contribution in [1.29, 1.82) is 0 Å². The number of aryl methyl sites for hydroxylation is 1. The molecule has 0 amide bonds. The van der Waals surface area contributed by atoms with E-state index in [0.717, 1.165) is 29.3 Å². The molecule has 1 aliphatic carbocycles. The first-order chi connectivity index (χ1) is 7.65. The number of rotatable bonds is 2. The van der Waals surface area contributed by atoms with E-state index in [1.807, 2.05) is 42.1 Å². The van der Waals surface area contributed by atoms with E-state index >= 15 is 0 Å². The average Bonchev–Trinajstić information content (AvgIpc) is 3.00. The fourth-order valence-electron chi connectivity index (χ4n) is 2.47. The minimum atomic E-state index is -0.693. The van der Waals surface area contributed by atoms with Crippen LogP contribution in [0, 0.1) is 0 Å². The number of benzene rings is 1. The van der Waals surface area contributed by atoms with Gasteiger partial charge in [-0.25, -0.2) is 0 Å². The molecule has 16 heavy (non-hydrogen) atoms. The summed E-state index contributed by atoms with van der Waals surface area (Å²) in [5.41, 5.74) is 1.40. The van der Waals surface area contributed by atoms with Gasteiger partial charge >= 0.3 is 5.97 Å². The first-order valence-corrected chi connectivity index (χ1v) is 5.43. The Morgan fingerprint density at radius 3 is 2.75 bits per heavy atom. The summed E-state index contributed by atoms with van der Waals surface area (Å²) in [5, 5.41) is 10.5. The van der Waals surface area contributed by atoms with Crippen LogP contribution in [-0.4, -0.2) is 15.6 Å². The number of carbonyl (C=O) groups is 1. The van der Waals surface area contributed by atoms with Crippen molar-refractivity contribution < 1.29 is 9.90 Å². The van der Waals surface area contributed by atoms with Crippen LogP contribution in [0.15, 0.2) is 30.5 Å². The number of hydrogen-bond acceptors (Lipinski definition) is 1. The number of carboxylic acid groups (broad SMARTS) is 1. The summed E-state index contributed by atoms with van der Waals surface area (Å²) < 4.78 is 2.01. The van der Waals surface area contributed by atoms with Gasteiger partial charge in [-0.1, -0.05) is 18.2 Å². The largest absolute Gasteiger partial charge is 0.481 e. The zero-order chi connectivity index (χ0) is 11.3. The predicted molar refractivity (Wildman–Crippen MR) is 61.5 cm³/mol. The van der Waals surface area contributed by atoms with Crippen LogP contribution in [0.2, 0.25) is 0 Å². The summed E-state index contributed by atoms with van der Waals surface area (Å²) in [4.78, 5) is 11.4. The molecular formula is C13H13NO2. The summed E-state index contributed by atoms with van der Waals surface area (Å²) in [6.45, 7) is 0. The lowest BCUT2D eigenvalue weighted by Gasteiger charge is -2.13. The molecule has 1 N–H and O–H groups in total. The third kappa shape index (κ3) is 1.06. The fraction of sp³-hybridized carbons (Fsp3) is 0.308. The van der Waals surface area contributed by atoms with E-state index in [1.54, 1.807) is 0 Å². The molecule has 0 radical (unpaired) electrons. The van der Waals surface area contributed by atoms with Crippen molar-refractivity contribution in [3.63, 3.8) is 0 Å². The van der Waals surface area contributed by atoms with Gasteiger partial charge in [-0.3, -0.25) is 4.79 Å². The second kappa shape index (κ2) is 2.88. The second-order valence-corrected chi connectivity index (χ2v) is 4.56. The molecule has 1 aromatic carbocycles. The van der Waals surface area contributed by atoms with E-state index in [1.165, 1.54) is 0 Å². The van der Waals surface area contributed by atoms with Gasteiger partial charge in [-0.2, -0.15) is 0 Å². The molecule has 1 aromatic heterocycles. The van der Waals surface area contributed by atoms with Crippen molar-refractivity contribution in [3.05, 3.63) is 36.0 Å². The Balaban J connectivity index is 2.32. The molecule has 0 saturated heterocycles. The van der Waals surface area contributed by atoms with E-state index in [-0.39, 0.29) is 0 Å². The average molecular weight is 215 g/mol. The molecule has 0 bridgehead atoms. The first kappa shape index (κ1) is 9.46. The van der Waals surface area contributed by atoms with E-state index in [9.17, 15) is 9.90 Å². The van der Waals surface area contributed by atoms with Gasteiger partial charge in [0, 0.05) is 13.2 Å². The molecule has 3 rings (SSSR count). The molecule has 0 atom stereocenters. The molecule has 1 aliphatic rings. The highest BCUT2D eigenvalue weighted by atomic mass is 16.4. The number of carboxylic acids is 1. The third-order valence-electron chi connectivity index (χ3n) is 3.57. The Bertz CT molecular complexity index is 579. The van der Waals surface area contributed by atoms with Gasteiger partial charge in [-0.15, -0.1) is 0 Å². The van der Waals surface area contributed by atoms with E-state index < -0.39 is 11.4 Å². The van der Waals surface area contributed by atoms with Crippen LogP contribution in [0.3, 0.4) is 0 Å². The maximum Gasteiger partial charge on any atom is 0.314 e. The minimum absolute atomic E-state index is 0.619. The third-order valence-corrected chi connectivity index (χ3v) is 3.57. The van der Waals surface area contributed by atoms with E-state index in [2.05, 4.69) is 0 Å². The Morgan fingerprint density at radius 1 is 1.38 bits per heavy atom. The van der Waals surface area contributed by atoms with Crippen LogP contribution in [0.5, 0.6) is 0 Å². The number of nitrogens with zero attached hydrogens (tertiary/aromatic N) is 1. The zero-order valence-corrected chi connectivity index (χ0v) is 9.10. The van der Waals surface area contributed by atoms with Crippen LogP contribution in [0.25, 0.3) is 10.9 Å². The minimum Gasteiger partial charge on any atom is -0.481 e. The molecule has 3 nitrogen and oxygen atoms in total. The van der Waals surface area contributed by atoms with Crippen LogP contribution in [0.1, 0.15) is 18.4 Å². The van der Waals surface area contributed by atoms with Crippen molar-refractivity contribution in [2.45, 2.75) is 18.3 Å². The lowest BCUT2D eigenvalue weighted by atomic mass is 9.94. The normalized spacial score (nSPS) is 17.6. The summed E-state index contributed by atoms with van der Waals surface area (Å²) in [7, 11) is 1.96. The topological polar surface area (TPSA) is 42.2 Å². The molecule has 82 valence electrons.